The topological polar surface area (TPSA) is 103 Å². The maximum atomic E-state index is 12.5. The number of thioether (sulfide) groups is 1. The highest BCUT2D eigenvalue weighted by Crippen LogP contribution is 2.39. The van der Waals surface area contributed by atoms with Gasteiger partial charge in [0.15, 0.2) is 5.16 Å². The Balaban J connectivity index is 1.59. The number of rotatable bonds is 6. The fraction of sp³-hybridized carbons (Fsp3) is 0.471. The minimum Gasteiger partial charge on any atom is -0.462 e. The predicted molar refractivity (Wildman–Crippen MR) is 103 cm³/mol. The molecule has 27 heavy (non-hydrogen) atoms. The van der Waals surface area contributed by atoms with E-state index in [2.05, 4.69) is 20.2 Å². The van der Waals surface area contributed by atoms with Gasteiger partial charge in [-0.05, 0) is 32.3 Å². The van der Waals surface area contributed by atoms with Gasteiger partial charge in [0.1, 0.15) is 21.4 Å². The first-order valence-corrected chi connectivity index (χ1v) is 10.5. The second-order valence-electron chi connectivity index (χ2n) is 6.43. The third-order valence-electron chi connectivity index (χ3n) is 4.46. The summed E-state index contributed by atoms with van der Waals surface area (Å²) in [4.78, 5) is 32.9. The SMILES string of the molecule is CCOC(=O)c1sc2nc(CSc3nnc(C4CC4)n3C)[nH]c(=O)c2c1C. The standard InChI is InChI=1S/C17H19N5O3S2/c1-4-25-16(24)12-8(2)11-14(23)18-10(19-15(11)27-12)7-26-17-21-20-13(22(17)3)9-5-6-9/h9H,4-7H2,1-3H3,(H,18,19,23). The molecule has 1 aliphatic carbocycles. The Morgan fingerprint density at radius 2 is 2.19 bits per heavy atom. The van der Waals surface area contributed by atoms with Gasteiger partial charge in [0.25, 0.3) is 5.56 Å². The van der Waals surface area contributed by atoms with Crippen LogP contribution in [0.15, 0.2) is 9.95 Å². The Morgan fingerprint density at radius 3 is 2.89 bits per heavy atom. The number of ether oxygens (including phenoxy) is 1. The Kier molecular flexibility index (Phi) is 4.77. The summed E-state index contributed by atoms with van der Waals surface area (Å²) >= 11 is 2.67. The van der Waals surface area contributed by atoms with Crippen molar-refractivity contribution in [3.63, 3.8) is 0 Å². The average molecular weight is 406 g/mol. The van der Waals surface area contributed by atoms with E-state index in [-0.39, 0.29) is 5.56 Å². The van der Waals surface area contributed by atoms with Gasteiger partial charge in [0, 0.05) is 13.0 Å². The number of aromatic amines is 1. The second-order valence-corrected chi connectivity index (χ2v) is 8.37. The third kappa shape index (κ3) is 3.39. The van der Waals surface area contributed by atoms with Gasteiger partial charge >= 0.3 is 5.97 Å². The van der Waals surface area contributed by atoms with Crippen LogP contribution in [0.1, 0.15) is 52.6 Å². The van der Waals surface area contributed by atoms with Gasteiger partial charge < -0.3 is 14.3 Å². The predicted octanol–water partition coefficient (Wildman–Crippen LogP) is 2.77. The molecule has 0 aromatic carbocycles. The molecule has 3 aromatic rings. The number of carbonyl (C=O) groups is 1. The minimum absolute atomic E-state index is 0.239. The van der Waals surface area contributed by atoms with E-state index in [0.29, 0.717) is 44.8 Å². The van der Waals surface area contributed by atoms with Crippen molar-refractivity contribution < 1.29 is 9.53 Å². The number of aryl methyl sites for hydroxylation is 1. The lowest BCUT2D eigenvalue weighted by Crippen LogP contribution is -2.11. The van der Waals surface area contributed by atoms with E-state index < -0.39 is 5.97 Å². The Labute approximate surface area is 163 Å². The lowest BCUT2D eigenvalue weighted by Gasteiger charge is -2.03. The zero-order valence-electron chi connectivity index (χ0n) is 15.2. The van der Waals surface area contributed by atoms with Crippen molar-refractivity contribution in [3.05, 3.63) is 32.4 Å². The highest BCUT2D eigenvalue weighted by Gasteiger charge is 2.29. The van der Waals surface area contributed by atoms with E-state index >= 15 is 0 Å². The Morgan fingerprint density at radius 1 is 1.41 bits per heavy atom. The molecule has 3 aromatic heterocycles. The Bertz CT molecular complexity index is 1080. The van der Waals surface area contributed by atoms with E-state index in [1.165, 1.54) is 35.9 Å². The van der Waals surface area contributed by atoms with Crippen LogP contribution in [0.3, 0.4) is 0 Å². The minimum atomic E-state index is -0.417. The molecule has 1 saturated carbocycles. The summed E-state index contributed by atoms with van der Waals surface area (Å²) in [6.07, 6.45) is 2.34. The van der Waals surface area contributed by atoms with Gasteiger partial charge in [-0.2, -0.15) is 0 Å². The van der Waals surface area contributed by atoms with Crippen molar-refractivity contribution >= 4 is 39.3 Å². The Hall–Kier alpha value is -2.20. The normalized spacial score (nSPS) is 14.0. The fourth-order valence-corrected chi connectivity index (χ4v) is 4.81. The maximum absolute atomic E-state index is 12.5. The van der Waals surface area contributed by atoms with Gasteiger partial charge in [-0.3, -0.25) is 4.79 Å². The van der Waals surface area contributed by atoms with Gasteiger partial charge in [-0.15, -0.1) is 21.5 Å². The summed E-state index contributed by atoms with van der Waals surface area (Å²) in [5, 5.41) is 9.75. The molecule has 8 nitrogen and oxygen atoms in total. The van der Waals surface area contributed by atoms with Gasteiger partial charge in [0.2, 0.25) is 0 Å². The molecule has 1 N–H and O–H groups in total. The molecule has 1 aliphatic rings. The second kappa shape index (κ2) is 7.08. The summed E-state index contributed by atoms with van der Waals surface area (Å²) < 4.78 is 7.07. The average Bonchev–Trinajstić information content (AvgIpc) is 3.32. The summed E-state index contributed by atoms with van der Waals surface area (Å²) in [7, 11) is 1.96. The quantitative estimate of drug-likeness (QED) is 0.497. The zero-order chi connectivity index (χ0) is 19.1. The number of carbonyl (C=O) groups excluding carboxylic acids is 1. The molecule has 0 amide bonds. The van der Waals surface area contributed by atoms with E-state index in [1.807, 2.05) is 11.6 Å². The summed E-state index contributed by atoms with van der Waals surface area (Å²) in [6, 6.07) is 0. The van der Waals surface area contributed by atoms with Crippen LogP contribution in [0.5, 0.6) is 0 Å². The van der Waals surface area contributed by atoms with E-state index in [1.54, 1.807) is 13.8 Å². The molecule has 0 bridgehead atoms. The molecular formula is C17H19N5O3S2. The largest absolute Gasteiger partial charge is 0.462 e. The first-order valence-electron chi connectivity index (χ1n) is 8.71. The van der Waals surface area contributed by atoms with Crippen LogP contribution in [0.25, 0.3) is 10.2 Å². The van der Waals surface area contributed by atoms with E-state index in [0.717, 1.165) is 11.0 Å². The number of hydrogen-bond donors (Lipinski definition) is 1. The van der Waals surface area contributed by atoms with Crippen LogP contribution in [0.2, 0.25) is 0 Å². The number of aromatic nitrogens is 5. The first kappa shape index (κ1) is 18.2. The molecule has 10 heteroatoms. The lowest BCUT2D eigenvalue weighted by atomic mass is 10.2. The summed E-state index contributed by atoms with van der Waals surface area (Å²) in [5.74, 6) is 2.14. The van der Waals surface area contributed by atoms with Gasteiger partial charge in [0.05, 0.1) is 17.7 Å². The molecule has 4 rings (SSSR count). The number of thiophene rings is 1. The van der Waals surface area contributed by atoms with Crippen LogP contribution in [-0.4, -0.2) is 37.3 Å². The van der Waals surface area contributed by atoms with Crippen molar-refractivity contribution in [3.8, 4) is 0 Å². The van der Waals surface area contributed by atoms with Crippen molar-refractivity contribution in [1.82, 2.24) is 24.7 Å². The molecule has 142 valence electrons. The van der Waals surface area contributed by atoms with Crippen molar-refractivity contribution in [2.75, 3.05) is 6.61 Å². The fourth-order valence-electron chi connectivity index (χ4n) is 2.93. The molecule has 0 aliphatic heterocycles. The molecular weight excluding hydrogens is 386 g/mol. The lowest BCUT2D eigenvalue weighted by molar-refractivity contribution is 0.0531. The molecule has 0 radical (unpaired) electrons. The van der Waals surface area contributed by atoms with Crippen LogP contribution in [-0.2, 0) is 17.5 Å². The monoisotopic (exact) mass is 405 g/mol. The highest BCUT2D eigenvalue weighted by molar-refractivity contribution is 7.98. The molecule has 0 unspecified atom stereocenters. The number of H-pyrrole nitrogens is 1. The van der Waals surface area contributed by atoms with Crippen LogP contribution < -0.4 is 5.56 Å². The van der Waals surface area contributed by atoms with Gasteiger partial charge in [-0.25, -0.2) is 9.78 Å². The summed E-state index contributed by atoms with van der Waals surface area (Å²) in [6.45, 7) is 3.79. The highest BCUT2D eigenvalue weighted by atomic mass is 32.2. The summed E-state index contributed by atoms with van der Waals surface area (Å²) in [5.41, 5.74) is 0.375. The molecule has 3 heterocycles. The van der Waals surface area contributed by atoms with Crippen molar-refractivity contribution in [2.24, 2.45) is 7.05 Å². The first-order chi connectivity index (χ1) is 13.0. The zero-order valence-corrected chi connectivity index (χ0v) is 16.9. The van der Waals surface area contributed by atoms with Crippen molar-refractivity contribution in [1.29, 1.82) is 0 Å². The number of esters is 1. The number of fused-ring (bicyclic) bond motifs is 1. The van der Waals surface area contributed by atoms with Gasteiger partial charge in [-0.1, -0.05) is 11.8 Å². The van der Waals surface area contributed by atoms with Crippen LogP contribution in [0.4, 0.5) is 0 Å². The number of nitrogens with one attached hydrogen (secondary N) is 1. The van der Waals surface area contributed by atoms with Crippen molar-refractivity contribution in [2.45, 2.75) is 43.5 Å². The van der Waals surface area contributed by atoms with Crippen LogP contribution in [0, 0.1) is 6.92 Å². The van der Waals surface area contributed by atoms with E-state index in [9.17, 15) is 9.59 Å². The molecule has 0 saturated heterocycles. The molecule has 1 fully saturated rings. The van der Waals surface area contributed by atoms with Crippen LogP contribution >= 0.6 is 23.1 Å². The number of nitrogens with zero attached hydrogens (tertiary/aromatic N) is 4. The molecule has 0 atom stereocenters. The molecule has 0 spiro atoms. The number of hydrogen-bond acceptors (Lipinski definition) is 8. The maximum Gasteiger partial charge on any atom is 0.348 e. The third-order valence-corrected chi connectivity index (χ3v) is 6.66. The van der Waals surface area contributed by atoms with E-state index in [4.69, 9.17) is 4.74 Å². The smallest absolute Gasteiger partial charge is 0.348 e.